The molecule has 1 unspecified atom stereocenters. The topological polar surface area (TPSA) is 66.5 Å². The van der Waals surface area contributed by atoms with Crippen molar-refractivity contribution in [1.29, 1.82) is 0 Å². The van der Waals surface area contributed by atoms with Gasteiger partial charge in [-0.1, -0.05) is 11.6 Å². The van der Waals surface area contributed by atoms with Crippen LogP contribution < -0.4 is 5.73 Å². The lowest BCUT2D eigenvalue weighted by atomic mass is 9.88. The maximum absolute atomic E-state index is 9.43. The lowest BCUT2D eigenvalue weighted by molar-refractivity contribution is 0.401. The first kappa shape index (κ1) is 9.62. The highest BCUT2D eigenvalue weighted by molar-refractivity contribution is 6.33. The molecule has 4 heteroatoms. The molecule has 0 saturated heterocycles. The number of benzene rings is 1. The summed E-state index contributed by atoms with van der Waals surface area (Å²) in [6.45, 7) is 0. The molecule has 1 aliphatic rings. The Morgan fingerprint density at radius 3 is 2.86 bits per heavy atom. The summed E-state index contributed by atoms with van der Waals surface area (Å²) in [7, 11) is 0. The Hall–Kier alpha value is -0.930. The molecule has 14 heavy (non-hydrogen) atoms. The molecule has 0 spiro atoms. The lowest BCUT2D eigenvalue weighted by Crippen LogP contribution is -2.28. The van der Waals surface area contributed by atoms with Crippen molar-refractivity contribution in [2.24, 2.45) is 5.73 Å². The van der Waals surface area contributed by atoms with Gasteiger partial charge in [-0.15, -0.1) is 0 Å². The van der Waals surface area contributed by atoms with Crippen LogP contribution in [0.4, 0.5) is 0 Å². The molecule has 0 radical (unpaired) electrons. The van der Waals surface area contributed by atoms with Gasteiger partial charge in [0.15, 0.2) is 11.5 Å². The van der Waals surface area contributed by atoms with Crippen molar-refractivity contribution in [3.8, 4) is 11.5 Å². The van der Waals surface area contributed by atoms with E-state index in [1.54, 1.807) is 6.07 Å². The van der Waals surface area contributed by atoms with E-state index in [1.165, 1.54) is 0 Å². The van der Waals surface area contributed by atoms with E-state index in [-0.39, 0.29) is 22.6 Å². The smallest absolute Gasteiger partial charge is 0.176 e. The number of rotatable bonds is 0. The standard InChI is InChI=1S/C10H12ClNO2/c11-9-7-4-6(12)2-1-5(7)3-8(13)10(9)14/h3,6,13-14H,1-2,4,12H2. The fraction of sp³-hybridized carbons (Fsp3) is 0.400. The van der Waals surface area contributed by atoms with Gasteiger partial charge >= 0.3 is 0 Å². The van der Waals surface area contributed by atoms with Gasteiger partial charge in [0.25, 0.3) is 0 Å². The largest absolute Gasteiger partial charge is 0.504 e. The highest BCUT2D eigenvalue weighted by atomic mass is 35.5. The second kappa shape index (κ2) is 3.33. The third-order valence-corrected chi connectivity index (χ3v) is 3.07. The van der Waals surface area contributed by atoms with Crippen molar-refractivity contribution in [2.75, 3.05) is 0 Å². The van der Waals surface area contributed by atoms with Crippen molar-refractivity contribution < 1.29 is 10.2 Å². The number of halogens is 1. The number of hydrogen-bond acceptors (Lipinski definition) is 3. The zero-order valence-corrected chi connectivity index (χ0v) is 8.38. The molecule has 76 valence electrons. The molecular formula is C10H12ClNO2. The number of fused-ring (bicyclic) bond motifs is 1. The van der Waals surface area contributed by atoms with Crippen LogP contribution in [0.25, 0.3) is 0 Å². The zero-order chi connectivity index (χ0) is 10.3. The summed E-state index contributed by atoms with van der Waals surface area (Å²) in [4.78, 5) is 0. The first-order valence-electron chi connectivity index (χ1n) is 4.57. The van der Waals surface area contributed by atoms with Gasteiger partial charge in [0.2, 0.25) is 0 Å². The van der Waals surface area contributed by atoms with Crippen LogP contribution in [0.2, 0.25) is 5.02 Å². The van der Waals surface area contributed by atoms with Gasteiger partial charge in [0.1, 0.15) is 0 Å². The van der Waals surface area contributed by atoms with Crippen LogP contribution in [0.15, 0.2) is 6.07 Å². The fourth-order valence-corrected chi connectivity index (χ4v) is 2.16. The van der Waals surface area contributed by atoms with Gasteiger partial charge in [-0.2, -0.15) is 0 Å². The molecule has 1 aliphatic carbocycles. The van der Waals surface area contributed by atoms with E-state index < -0.39 is 0 Å². The lowest BCUT2D eigenvalue weighted by Gasteiger charge is -2.23. The molecule has 0 saturated carbocycles. The van der Waals surface area contributed by atoms with Gasteiger partial charge in [0.05, 0.1) is 5.02 Å². The number of aromatic hydroxyl groups is 2. The molecule has 0 amide bonds. The number of phenols is 2. The second-order valence-electron chi connectivity index (χ2n) is 3.70. The first-order chi connectivity index (χ1) is 6.59. The van der Waals surface area contributed by atoms with Crippen molar-refractivity contribution in [1.82, 2.24) is 0 Å². The molecule has 0 aliphatic heterocycles. The van der Waals surface area contributed by atoms with Gasteiger partial charge in [0, 0.05) is 6.04 Å². The summed E-state index contributed by atoms with van der Waals surface area (Å²) in [6, 6.07) is 1.67. The van der Waals surface area contributed by atoms with Crippen molar-refractivity contribution in [2.45, 2.75) is 25.3 Å². The minimum absolute atomic E-state index is 0.101. The van der Waals surface area contributed by atoms with Crippen molar-refractivity contribution in [3.05, 3.63) is 22.2 Å². The summed E-state index contributed by atoms with van der Waals surface area (Å²) in [5.74, 6) is -0.385. The predicted octanol–water partition coefficient (Wildman–Crippen LogP) is 1.57. The highest BCUT2D eigenvalue weighted by Gasteiger charge is 2.21. The molecule has 0 aromatic heterocycles. The average molecular weight is 214 g/mol. The van der Waals surface area contributed by atoms with Crippen LogP contribution in [-0.2, 0) is 12.8 Å². The Bertz CT molecular complexity index is 379. The number of hydrogen-bond donors (Lipinski definition) is 3. The van der Waals surface area contributed by atoms with E-state index in [0.717, 1.165) is 24.0 Å². The first-order valence-corrected chi connectivity index (χ1v) is 4.95. The number of nitrogens with two attached hydrogens (primary N) is 1. The van der Waals surface area contributed by atoms with Crippen LogP contribution in [0, 0.1) is 0 Å². The predicted molar refractivity (Wildman–Crippen MR) is 54.8 cm³/mol. The zero-order valence-electron chi connectivity index (χ0n) is 7.63. The Balaban J connectivity index is 2.55. The third-order valence-electron chi connectivity index (χ3n) is 2.66. The van der Waals surface area contributed by atoms with Crippen LogP contribution in [-0.4, -0.2) is 16.3 Å². The van der Waals surface area contributed by atoms with E-state index in [2.05, 4.69) is 0 Å². The molecule has 3 nitrogen and oxygen atoms in total. The van der Waals surface area contributed by atoms with Gasteiger partial charge in [-0.3, -0.25) is 0 Å². The summed E-state index contributed by atoms with van der Waals surface area (Å²) in [6.07, 6.45) is 2.37. The quantitative estimate of drug-likeness (QED) is 0.573. The van der Waals surface area contributed by atoms with Crippen LogP contribution in [0.5, 0.6) is 11.5 Å². The molecule has 1 aromatic rings. The van der Waals surface area contributed by atoms with Crippen molar-refractivity contribution >= 4 is 11.6 Å². The van der Waals surface area contributed by atoms with Crippen LogP contribution in [0.3, 0.4) is 0 Å². The molecular weight excluding hydrogens is 202 g/mol. The molecule has 0 heterocycles. The summed E-state index contributed by atoms with van der Waals surface area (Å²) >= 11 is 5.92. The molecule has 2 rings (SSSR count). The van der Waals surface area contributed by atoms with Gasteiger partial charge < -0.3 is 15.9 Å². The highest BCUT2D eigenvalue weighted by Crippen LogP contribution is 2.40. The van der Waals surface area contributed by atoms with Gasteiger partial charge in [-0.25, -0.2) is 0 Å². The Kier molecular flexibility index (Phi) is 2.29. The van der Waals surface area contributed by atoms with Crippen LogP contribution in [0.1, 0.15) is 17.5 Å². The van der Waals surface area contributed by atoms with Gasteiger partial charge in [-0.05, 0) is 36.5 Å². The van der Waals surface area contributed by atoms with E-state index in [1.807, 2.05) is 0 Å². The second-order valence-corrected chi connectivity index (χ2v) is 4.08. The SMILES string of the molecule is NC1CCc2cc(O)c(O)c(Cl)c2C1. The minimum Gasteiger partial charge on any atom is -0.504 e. The monoisotopic (exact) mass is 213 g/mol. The number of phenolic OH excluding ortho intramolecular Hbond substituents is 2. The Morgan fingerprint density at radius 1 is 1.43 bits per heavy atom. The van der Waals surface area contributed by atoms with E-state index in [9.17, 15) is 10.2 Å². The average Bonchev–Trinajstić information content (AvgIpc) is 2.16. The summed E-state index contributed by atoms with van der Waals surface area (Å²) in [5, 5.41) is 19.0. The summed E-state index contributed by atoms with van der Waals surface area (Å²) in [5.41, 5.74) is 7.67. The Labute approximate surface area is 87.1 Å². The molecule has 4 N–H and O–H groups in total. The Morgan fingerprint density at radius 2 is 2.14 bits per heavy atom. The number of aryl methyl sites for hydroxylation is 1. The van der Waals surface area contributed by atoms with E-state index >= 15 is 0 Å². The van der Waals surface area contributed by atoms with Crippen LogP contribution >= 0.6 is 11.6 Å². The molecule has 1 aromatic carbocycles. The summed E-state index contributed by atoms with van der Waals surface area (Å²) < 4.78 is 0. The maximum Gasteiger partial charge on any atom is 0.176 e. The third kappa shape index (κ3) is 1.42. The molecule has 1 atom stereocenters. The van der Waals surface area contributed by atoms with E-state index in [4.69, 9.17) is 17.3 Å². The van der Waals surface area contributed by atoms with Crippen molar-refractivity contribution in [3.63, 3.8) is 0 Å². The fourth-order valence-electron chi connectivity index (χ4n) is 1.87. The molecule has 0 bridgehead atoms. The van der Waals surface area contributed by atoms with E-state index in [0.29, 0.717) is 6.42 Å². The minimum atomic E-state index is -0.237. The normalized spacial score (nSPS) is 20.6. The molecule has 0 fully saturated rings. The maximum atomic E-state index is 9.43.